The number of hydrogen-bond acceptors (Lipinski definition) is 4. The molecule has 7 heteroatoms. The number of carbonyl (C=O) groups is 1. The van der Waals surface area contributed by atoms with E-state index in [0.29, 0.717) is 23.3 Å². The van der Waals surface area contributed by atoms with Gasteiger partial charge in [-0.15, -0.1) is 0 Å². The number of sulfonamides is 1. The van der Waals surface area contributed by atoms with Gasteiger partial charge in [0, 0.05) is 18.7 Å². The van der Waals surface area contributed by atoms with Crippen molar-refractivity contribution in [3.63, 3.8) is 0 Å². The molecule has 0 saturated carbocycles. The summed E-state index contributed by atoms with van der Waals surface area (Å²) in [6.45, 7) is 5.71. The Bertz CT molecular complexity index is 1220. The molecule has 0 saturated heterocycles. The Morgan fingerprint density at radius 2 is 1.56 bits per heavy atom. The maximum atomic E-state index is 13.7. The van der Waals surface area contributed by atoms with Gasteiger partial charge in [-0.05, 0) is 49.9 Å². The molecule has 3 aromatic carbocycles. The molecule has 0 atom stereocenters. The smallest absolute Gasteiger partial charge is 0.244 e. The highest BCUT2D eigenvalue weighted by atomic mass is 32.2. The second kappa shape index (κ2) is 11.3. The van der Waals surface area contributed by atoms with Crippen molar-refractivity contribution in [2.75, 3.05) is 20.2 Å². The van der Waals surface area contributed by atoms with Crippen molar-refractivity contribution in [2.24, 2.45) is 0 Å². The molecule has 0 radical (unpaired) electrons. The highest BCUT2D eigenvalue weighted by Gasteiger charge is 2.29. The monoisotopic (exact) mass is 480 g/mol. The van der Waals surface area contributed by atoms with Crippen LogP contribution in [0.4, 0.5) is 0 Å². The molecule has 0 aliphatic carbocycles. The Morgan fingerprint density at radius 1 is 0.941 bits per heavy atom. The SMILES string of the molecule is COc1ccccc1CNC(=O)CN(CCc1ccccc1)S(=O)(=O)c1c(C)cc(C)cc1C. The van der Waals surface area contributed by atoms with E-state index in [2.05, 4.69) is 5.32 Å². The Morgan fingerprint density at radius 3 is 2.21 bits per heavy atom. The Kier molecular flexibility index (Phi) is 8.47. The molecule has 3 aromatic rings. The van der Waals surface area contributed by atoms with Crippen molar-refractivity contribution in [2.45, 2.75) is 38.6 Å². The largest absolute Gasteiger partial charge is 0.496 e. The maximum absolute atomic E-state index is 13.7. The van der Waals surface area contributed by atoms with Gasteiger partial charge in [0.1, 0.15) is 5.75 Å². The highest BCUT2D eigenvalue weighted by molar-refractivity contribution is 7.89. The number of aryl methyl sites for hydroxylation is 3. The molecule has 0 heterocycles. The van der Waals surface area contributed by atoms with E-state index >= 15 is 0 Å². The van der Waals surface area contributed by atoms with E-state index in [0.717, 1.165) is 16.7 Å². The lowest BCUT2D eigenvalue weighted by Gasteiger charge is -2.24. The maximum Gasteiger partial charge on any atom is 0.244 e. The minimum absolute atomic E-state index is 0.196. The quantitative estimate of drug-likeness (QED) is 0.473. The van der Waals surface area contributed by atoms with E-state index in [-0.39, 0.29) is 30.4 Å². The van der Waals surface area contributed by atoms with Gasteiger partial charge in [-0.2, -0.15) is 4.31 Å². The number of rotatable bonds is 10. The fourth-order valence-electron chi connectivity index (χ4n) is 4.14. The van der Waals surface area contributed by atoms with Gasteiger partial charge in [0.15, 0.2) is 0 Å². The van der Waals surface area contributed by atoms with Crippen LogP contribution in [0.25, 0.3) is 0 Å². The van der Waals surface area contributed by atoms with Crippen LogP contribution in [0.15, 0.2) is 71.6 Å². The second-order valence-corrected chi connectivity index (χ2v) is 10.3. The van der Waals surface area contributed by atoms with Crippen molar-refractivity contribution in [3.8, 4) is 5.75 Å². The van der Waals surface area contributed by atoms with Crippen LogP contribution in [0, 0.1) is 20.8 Å². The summed E-state index contributed by atoms with van der Waals surface area (Å²) in [5, 5.41) is 2.84. The van der Waals surface area contributed by atoms with Gasteiger partial charge < -0.3 is 10.1 Å². The molecule has 0 bridgehead atoms. The zero-order valence-corrected chi connectivity index (χ0v) is 21.0. The first-order valence-electron chi connectivity index (χ1n) is 11.2. The average molecular weight is 481 g/mol. The first kappa shape index (κ1) is 25.5. The van der Waals surface area contributed by atoms with Crippen molar-refractivity contribution in [1.82, 2.24) is 9.62 Å². The van der Waals surface area contributed by atoms with Crippen molar-refractivity contribution >= 4 is 15.9 Å². The van der Waals surface area contributed by atoms with Gasteiger partial charge in [-0.25, -0.2) is 8.42 Å². The summed E-state index contributed by atoms with van der Waals surface area (Å²) >= 11 is 0. The molecule has 0 fully saturated rings. The average Bonchev–Trinajstić information content (AvgIpc) is 2.80. The summed E-state index contributed by atoms with van der Waals surface area (Å²) in [4.78, 5) is 13.1. The minimum Gasteiger partial charge on any atom is -0.496 e. The van der Waals surface area contributed by atoms with Gasteiger partial charge in [-0.1, -0.05) is 66.2 Å². The van der Waals surface area contributed by atoms with Gasteiger partial charge in [-0.3, -0.25) is 4.79 Å². The van der Waals surface area contributed by atoms with Crippen molar-refractivity contribution < 1.29 is 17.9 Å². The first-order valence-corrected chi connectivity index (χ1v) is 12.7. The van der Waals surface area contributed by atoms with E-state index in [1.807, 2.05) is 73.7 Å². The Hall–Kier alpha value is -3.16. The van der Waals surface area contributed by atoms with Crippen LogP contribution in [0.5, 0.6) is 5.75 Å². The second-order valence-electron chi connectivity index (χ2n) is 8.39. The molecule has 1 N–H and O–H groups in total. The molecule has 6 nitrogen and oxygen atoms in total. The molecule has 180 valence electrons. The van der Waals surface area contributed by atoms with Crippen LogP contribution in [0.3, 0.4) is 0 Å². The zero-order valence-electron chi connectivity index (χ0n) is 20.2. The van der Waals surface area contributed by atoms with E-state index < -0.39 is 10.0 Å². The standard InChI is InChI=1S/C27H32N2O4S/c1-20-16-21(2)27(22(3)17-20)34(31,32)29(15-14-23-10-6-5-7-11-23)19-26(30)28-18-24-12-8-9-13-25(24)33-4/h5-13,16-17H,14-15,18-19H2,1-4H3,(H,28,30). The van der Waals surface area contributed by atoms with Crippen molar-refractivity contribution in [3.05, 3.63) is 94.5 Å². The number of amides is 1. The number of benzene rings is 3. The van der Waals surface area contributed by atoms with Gasteiger partial charge in [0.05, 0.1) is 18.6 Å². The number of hydrogen-bond donors (Lipinski definition) is 1. The number of carbonyl (C=O) groups excluding carboxylic acids is 1. The number of nitrogens with one attached hydrogen (secondary N) is 1. The molecule has 34 heavy (non-hydrogen) atoms. The predicted molar refractivity (Wildman–Crippen MR) is 134 cm³/mol. The highest BCUT2D eigenvalue weighted by Crippen LogP contribution is 2.25. The molecule has 0 aromatic heterocycles. The lowest BCUT2D eigenvalue weighted by molar-refractivity contribution is -0.121. The number of methoxy groups -OCH3 is 1. The number of ether oxygens (including phenoxy) is 1. The fourth-order valence-corrected chi connectivity index (χ4v) is 5.95. The third-order valence-electron chi connectivity index (χ3n) is 5.68. The van der Waals surface area contributed by atoms with Gasteiger partial charge in [0.25, 0.3) is 0 Å². The summed E-state index contributed by atoms with van der Waals surface area (Å²) in [7, 11) is -2.32. The van der Waals surface area contributed by atoms with Crippen LogP contribution < -0.4 is 10.1 Å². The summed E-state index contributed by atoms with van der Waals surface area (Å²) in [5.74, 6) is 0.298. The molecule has 3 rings (SSSR count). The molecule has 0 unspecified atom stereocenters. The molecular weight excluding hydrogens is 448 g/mol. The van der Waals surface area contributed by atoms with Crippen LogP contribution in [0.1, 0.15) is 27.8 Å². The summed E-state index contributed by atoms with van der Waals surface area (Å²) in [6.07, 6.45) is 0.504. The zero-order chi connectivity index (χ0) is 24.7. The van der Waals surface area contributed by atoms with Crippen LogP contribution in [-0.4, -0.2) is 38.8 Å². The third-order valence-corrected chi connectivity index (χ3v) is 7.84. The minimum atomic E-state index is -3.89. The van der Waals surface area contributed by atoms with Crippen LogP contribution in [-0.2, 0) is 27.8 Å². The topological polar surface area (TPSA) is 75.7 Å². The fraction of sp³-hybridized carbons (Fsp3) is 0.296. The summed E-state index contributed by atoms with van der Waals surface area (Å²) < 4.78 is 34.1. The van der Waals surface area contributed by atoms with E-state index in [4.69, 9.17) is 4.74 Å². The number of nitrogens with zero attached hydrogens (tertiary/aromatic N) is 1. The van der Waals surface area contributed by atoms with Crippen LogP contribution >= 0.6 is 0 Å². The molecule has 0 aliphatic rings. The van der Waals surface area contributed by atoms with Gasteiger partial charge >= 0.3 is 0 Å². The third kappa shape index (κ3) is 6.24. The normalized spacial score (nSPS) is 11.4. The Labute approximate surface area is 202 Å². The van der Waals surface area contributed by atoms with E-state index in [1.54, 1.807) is 21.0 Å². The molecule has 1 amide bonds. The lowest BCUT2D eigenvalue weighted by Crippen LogP contribution is -2.42. The molecule has 0 spiro atoms. The van der Waals surface area contributed by atoms with Gasteiger partial charge in [0.2, 0.25) is 15.9 Å². The van der Waals surface area contributed by atoms with E-state index in [1.165, 1.54) is 4.31 Å². The predicted octanol–water partition coefficient (Wildman–Crippen LogP) is 4.17. The Balaban J connectivity index is 1.84. The summed E-state index contributed by atoms with van der Waals surface area (Å²) in [5.41, 5.74) is 4.18. The molecular formula is C27H32N2O4S. The van der Waals surface area contributed by atoms with E-state index in [9.17, 15) is 13.2 Å². The lowest BCUT2D eigenvalue weighted by atomic mass is 10.1. The van der Waals surface area contributed by atoms with Crippen molar-refractivity contribution in [1.29, 1.82) is 0 Å². The summed E-state index contributed by atoms with van der Waals surface area (Å²) in [6, 6.07) is 20.8. The number of para-hydroxylation sites is 1. The van der Waals surface area contributed by atoms with Crippen LogP contribution in [0.2, 0.25) is 0 Å². The molecule has 0 aliphatic heterocycles. The first-order chi connectivity index (χ1) is 16.2.